The van der Waals surface area contributed by atoms with Crippen LogP contribution in [0.2, 0.25) is 0 Å². The van der Waals surface area contributed by atoms with Gasteiger partial charge in [-0.15, -0.1) is 0 Å². The van der Waals surface area contributed by atoms with Gasteiger partial charge < -0.3 is 10.2 Å². The molecule has 0 atom stereocenters. The number of alkyl halides is 3. The highest BCUT2D eigenvalue weighted by atomic mass is 19.4. The Labute approximate surface area is 175 Å². The third-order valence-electron chi connectivity index (χ3n) is 4.90. The second kappa shape index (κ2) is 8.21. The first-order valence-electron chi connectivity index (χ1n) is 9.51. The standard InChI is InChI=1S/C21H18F3N5O2/c22-21(23,24)16-5-1-3-14(9-16)13-28-7-8-29-18(20(28)31)10-17(27-29)19(30)26-12-15-4-2-6-25-11-15/h1-6,9-11H,7-8,12-13H2,(H,26,30). The van der Waals surface area contributed by atoms with Crippen molar-refractivity contribution in [2.75, 3.05) is 6.54 Å². The minimum atomic E-state index is -4.45. The van der Waals surface area contributed by atoms with E-state index in [9.17, 15) is 22.8 Å². The normalized spacial score (nSPS) is 13.8. The van der Waals surface area contributed by atoms with Crippen molar-refractivity contribution >= 4 is 11.8 Å². The summed E-state index contributed by atoms with van der Waals surface area (Å²) in [4.78, 5) is 30.7. The topological polar surface area (TPSA) is 80.1 Å². The van der Waals surface area contributed by atoms with Crippen LogP contribution in [-0.4, -0.2) is 38.0 Å². The maximum Gasteiger partial charge on any atom is 0.416 e. The molecule has 2 amide bonds. The number of pyridine rings is 1. The number of benzene rings is 1. The van der Waals surface area contributed by atoms with Crippen molar-refractivity contribution in [3.63, 3.8) is 0 Å². The Balaban J connectivity index is 1.45. The predicted molar refractivity (Wildman–Crippen MR) is 104 cm³/mol. The van der Waals surface area contributed by atoms with Crippen LogP contribution in [0.4, 0.5) is 13.2 Å². The van der Waals surface area contributed by atoms with Crippen LogP contribution in [0.15, 0.2) is 54.9 Å². The number of halogens is 3. The molecule has 31 heavy (non-hydrogen) atoms. The van der Waals surface area contributed by atoms with E-state index < -0.39 is 17.6 Å². The molecule has 0 fully saturated rings. The van der Waals surface area contributed by atoms with Crippen LogP contribution in [0.25, 0.3) is 0 Å². The average Bonchev–Trinajstić information content (AvgIpc) is 3.20. The van der Waals surface area contributed by atoms with E-state index in [2.05, 4.69) is 15.4 Å². The Morgan fingerprint density at radius 2 is 1.90 bits per heavy atom. The molecule has 1 aliphatic rings. The summed E-state index contributed by atoms with van der Waals surface area (Å²) in [5.41, 5.74) is 0.777. The van der Waals surface area contributed by atoms with Gasteiger partial charge in [-0.1, -0.05) is 18.2 Å². The zero-order valence-electron chi connectivity index (χ0n) is 16.3. The zero-order chi connectivity index (χ0) is 22.0. The minimum absolute atomic E-state index is 0.0382. The van der Waals surface area contributed by atoms with E-state index in [0.717, 1.165) is 17.7 Å². The van der Waals surface area contributed by atoms with Crippen LogP contribution >= 0.6 is 0 Å². The Morgan fingerprint density at radius 1 is 1.10 bits per heavy atom. The number of carbonyl (C=O) groups is 2. The molecule has 2 aromatic heterocycles. The van der Waals surface area contributed by atoms with E-state index in [1.165, 1.54) is 21.7 Å². The minimum Gasteiger partial charge on any atom is -0.347 e. The van der Waals surface area contributed by atoms with Gasteiger partial charge in [0, 0.05) is 38.1 Å². The lowest BCUT2D eigenvalue weighted by atomic mass is 10.1. The van der Waals surface area contributed by atoms with Crippen molar-refractivity contribution in [2.45, 2.75) is 25.8 Å². The SMILES string of the molecule is O=C(NCc1cccnc1)c1cc2n(n1)CCN(Cc1cccc(C(F)(F)F)c1)C2=O. The summed E-state index contributed by atoms with van der Waals surface area (Å²) < 4.78 is 40.3. The van der Waals surface area contributed by atoms with Crippen LogP contribution in [0.3, 0.4) is 0 Å². The number of amides is 2. The molecule has 0 spiro atoms. The van der Waals surface area contributed by atoms with Crippen LogP contribution < -0.4 is 5.32 Å². The summed E-state index contributed by atoms with van der Waals surface area (Å²) in [6, 6.07) is 9.88. The molecule has 10 heteroatoms. The molecular weight excluding hydrogens is 411 g/mol. The Kier molecular flexibility index (Phi) is 5.45. The maximum absolute atomic E-state index is 12.9. The van der Waals surface area contributed by atoms with Gasteiger partial charge in [0.25, 0.3) is 11.8 Å². The van der Waals surface area contributed by atoms with Gasteiger partial charge in [-0.25, -0.2) is 0 Å². The molecule has 1 aromatic carbocycles. The molecule has 0 unspecified atom stereocenters. The van der Waals surface area contributed by atoms with Gasteiger partial charge in [-0.2, -0.15) is 18.3 Å². The third kappa shape index (κ3) is 4.57. The number of aromatic nitrogens is 3. The van der Waals surface area contributed by atoms with Gasteiger partial charge in [-0.3, -0.25) is 19.3 Å². The Bertz CT molecular complexity index is 1110. The fourth-order valence-electron chi connectivity index (χ4n) is 3.34. The average molecular weight is 429 g/mol. The van der Waals surface area contributed by atoms with E-state index >= 15 is 0 Å². The number of hydrogen-bond donors (Lipinski definition) is 1. The second-order valence-electron chi connectivity index (χ2n) is 7.11. The van der Waals surface area contributed by atoms with Crippen molar-refractivity contribution < 1.29 is 22.8 Å². The molecule has 1 aliphatic heterocycles. The van der Waals surface area contributed by atoms with Gasteiger partial charge in [0.2, 0.25) is 0 Å². The molecule has 0 saturated heterocycles. The number of rotatable bonds is 5. The largest absolute Gasteiger partial charge is 0.416 e. The van der Waals surface area contributed by atoms with Gasteiger partial charge in [0.15, 0.2) is 5.69 Å². The highest BCUT2D eigenvalue weighted by Gasteiger charge is 2.31. The molecule has 0 radical (unpaired) electrons. The molecule has 0 aliphatic carbocycles. The molecule has 3 aromatic rings. The van der Waals surface area contributed by atoms with Crippen molar-refractivity contribution in [1.29, 1.82) is 0 Å². The van der Waals surface area contributed by atoms with Gasteiger partial charge in [0.05, 0.1) is 12.1 Å². The van der Waals surface area contributed by atoms with E-state index in [-0.39, 0.29) is 36.9 Å². The molecule has 7 nitrogen and oxygen atoms in total. The summed E-state index contributed by atoms with van der Waals surface area (Å²) in [5.74, 6) is -0.814. The number of hydrogen-bond acceptors (Lipinski definition) is 4. The molecule has 4 rings (SSSR count). The first-order chi connectivity index (χ1) is 14.8. The van der Waals surface area contributed by atoms with Crippen molar-refractivity contribution in [2.24, 2.45) is 0 Å². The summed E-state index contributed by atoms with van der Waals surface area (Å²) in [5, 5.41) is 6.92. The summed E-state index contributed by atoms with van der Waals surface area (Å²) in [6.07, 6.45) is -1.18. The molecule has 1 N–H and O–H groups in total. The van der Waals surface area contributed by atoms with Crippen molar-refractivity contribution in [3.8, 4) is 0 Å². The predicted octanol–water partition coefficient (Wildman–Crippen LogP) is 2.88. The van der Waals surface area contributed by atoms with E-state index in [1.54, 1.807) is 24.5 Å². The van der Waals surface area contributed by atoms with Gasteiger partial charge >= 0.3 is 6.18 Å². The first kappa shape index (κ1) is 20.6. The van der Waals surface area contributed by atoms with E-state index in [1.807, 2.05) is 6.07 Å². The number of nitrogens with zero attached hydrogens (tertiary/aromatic N) is 4. The lowest BCUT2D eigenvalue weighted by Crippen LogP contribution is -2.39. The highest BCUT2D eigenvalue weighted by Crippen LogP contribution is 2.30. The maximum atomic E-state index is 12.9. The van der Waals surface area contributed by atoms with Crippen LogP contribution in [0.1, 0.15) is 37.7 Å². The summed E-state index contributed by atoms with van der Waals surface area (Å²) in [6.45, 7) is 0.928. The highest BCUT2D eigenvalue weighted by molar-refractivity contribution is 5.98. The fourth-order valence-corrected chi connectivity index (χ4v) is 3.34. The lowest BCUT2D eigenvalue weighted by molar-refractivity contribution is -0.137. The summed E-state index contributed by atoms with van der Waals surface area (Å²) >= 11 is 0. The monoisotopic (exact) mass is 429 g/mol. The number of carbonyl (C=O) groups excluding carboxylic acids is 2. The van der Waals surface area contributed by atoms with Gasteiger partial charge in [0.1, 0.15) is 5.69 Å². The Morgan fingerprint density at radius 3 is 2.65 bits per heavy atom. The smallest absolute Gasteiger partial charge is 0.347 e. The quantitative estimate of drug-likeness (QED) is 0.677. The molecule has 0 saturated carbocycles. The van der Waals surface area contributed by atoms with Crippen LogP contribution in [0.5, 0.6) is 0 Å². The fraction of sp³-hybridized carbons (Fsp3) is 0.238. The second-order valence-corrected chi connectivity index (χ2v) is 7.11. The lowest BCUT2D eigenvalue weighted by Gasteiger charge is -2.27. The van der Waals surface area contributed by atoms with E-state index in [0.29, 0.717) is 12.1 Å². The van der Waals surface area contributed by atoms with Crippen molar-refractivity contribution in [1.82, 2.24) is 25.0 Å². The molecule has 0 bridgehead atoms. The third-order valence-corrected chi connectivity index (χ3v) is 4.90. The number of fused-ring (bicyclic) bond motifs is 1. The van der Waals surface area contributed by atoms with Crippen LogP contribution in [0, 0.1) is 0 Å². The van der Waals surface area contributed by atoms with Crippen LogP contribution in [-0.2, 0) is 25.8 Å². The summed E-state index contributed by atoms with van der Waals surface area (Å²) in [7, 11) is 0. The molecule has 160 valence electrons. The Hall–Kier alpha value is -3.69. The van der Waals surface area contributed by atoms with E-state index in [4.69, 9.17) is 0 Å². The zero-order valence-corrected chi connectivity index (χ0v) is 16.3. The first-order valence-corrected chi connectivity index (χ1v) is 9.51. The van der Waals surface area contributed by atoms with Crippen molar-refractivity contribution in [3.05, 3.63) is 82.9 Å². The molecule has 3 heterocycles. The van der Waals surface area contributed by atoms with Gasteiger partial charge in [-0.05, 0) is 29.3 Å². The molecular formula is C21H18F3N5O2. The number of nitrogens with one attached hydrogen (secondary N) is 1.